The van der Waals surface area contributed by atoms with Crippen LogP contribution in [-0.2, 0) is 33.3 Å². The molecule has 3 rings (SSSR count). The van der Waals surface area contributed by atoms with E-state index in [4.69, 9.17) is 18.9 Å². The molecule has 0 aromatic carbocycles. The maximum absolute atomic E-state index is 12.7. The SMILES string of the molecule is C=C1C(=O)O[C@@H]2/C=C(/C)[C@@H](OC(C)=O)C/C=C(\C)[C@@H](OC(=O)[C@]3(C)O[C@@H]3C)[C@H](O)[C@@H]12. The van der Waals surface area contributed by atoms with Gasteiger partial charge in [0.1, 0.15) is 24.4 Å². The number of aliphatic hydroxyl groups excluding tert-OH is 1. The van der Waals surface area contributed by atoms with E-state index >= 15 is 0 Å². The summed E-state index contributed by atoms with van der Waals surface area (Å²) in [4.78, 5) is 36.4. The number of epoxide rings is 1. The molecule has 0 aromatic heterocycles. The smallest absolute Gasteiger partial charge is 0.341 e. The molecular weight excluding hydrogens is 392 g/mol. The van der Waals surface area contributed by atoms with E-state index in [-0.39, 0.29) is 11.7 Å². The van der Waals surface area contributed by atoms with Crippen molar-refractivity contribution in [1.82, 2.24) is 0 Å². The van der Waals surface area contributed by atoms with Crippen molar-refractivity contribution in [2.45, 2.75) is 77.2 Å². The van der Waals surface area contributed by atoms with E-state index in [2.05, 4.69) is 6.58 Å². The van der Waals surface area contributed by atoms with Gasteiger partial charge in [-0.2, -0.15) is 0 Å². The van der Waals surface area contributed by atoms with Gasteiger partial charge in [-0.3, -0.25) is 4.79 Å². The van der Waals surface area contributed by atoms with Gasteiger partial charge in [0, 0.05) is 18.9 Å². The quantitative estimate of drug-likeness (QED) is 0.242. The molecule has 8 nitrogen and oxygen atoms in total. The predicted octanol–water partition coefficient (Wildman–Crippen LogP) is 1.76. The second-order valence-corrected chi connectivity index (χ2v) is 8.30. The third kappa shape index (κ3) is 4.06. The number of esters is 3. The fraction of sp³-hybridized carbons (Fsp3) is 0.591. The average Bonchev–Trinajstić information content (AvgIpc) is 3.18. The Morgan fingerprint density at radius 2 is 1.90 bits per heavy atom. The molecule has 30 heavy (non-hydrogen) atoms. The van der Waals surface area contributed by atoms with Gasteiger partial charge >= 0.3 is 17.9 Å². The molecule has 0 aromatic rings. The number of hydrogen-bond donors (Lipinski definition) is 1. The summed E-state index contributed by atoms with van der Waals surface area (Å²) in [5, 5.41) is 11.2. The van der Waals surface area contributed by atoms with Crippen LogP contribution >= 0.6 is 0 Å². The number of carbonyl (C=O) groups is 3. The van der Waals surface area contributed by atoms with Crippen molar-refractivity contribution in [3.63, 3.8) is 0 Å². The molecule has 164 valence electrons. The van der Waals surface area contributed by atoms with Crippen molar-refractivity contribution in [3.8, 4) is 0 Å². The second-order valence-electron chi connectivity index (χ2n) is 8.30. The number of aliphatic hydroxyl groups is 1. The molecule has 0 amide bonds. The Hall–Kier alpha value is -2.45. The molecule has 3 aliphatic rings. The Labute approximate surface area is 175 Å². The molecule has 8 heteroatoms. The fourth-order valence-electron chi connectivity index (χ4n) is 3.85. The van der Waals surface area contributed by atoms with Crippen LogP contribution < -0.4 is 0 Å². The Morgan fingerprint density at radius 3 is 2.47 bits per heavy atom. The van der Waals surface area contributed by atoms with Gasteiger partial charge in [-0.05, 0) is 44.9 Å². The topological polar surface area (TPSA) is 112 Å². The first-order chi connectivity index (χ1) is 14.0. The summed E-state index contributed by atoms with van der Waals surface area (Å²) >= 11 is 0. The predicted molar refractivity (Wildman–Crippen MR) is 105 cm³/mol. The summed E-state index contributed by atoms with van der Waals surface area (Å²) in [5.74, 6) is -2.50. The third-order valence-electron chi connectivity index (χ3n) is 6.07. The standard InChI is InChI=1S/C22H28O8/c1-10-7-8-15(27-14(5)23)11(2)9-16-17(12(3)20(25)28-16)18(24)19(10)29-21(26)22(6)13(4)30-22/h7,9,13,15-19,24H,3,8H2,1-2,4-6H3/b10-7+,11-9-/t13-,15+,16-,17+,18-,19-,22-/m1/s1. The Morgan fingerprint density at radius 1 is 1.27 bits per heavy atom. The zero-order chi connectivity index (χ0) is 22.4. The van der Waals surface area contributed by atoms with Crippen LogP contribution in [-0.4, -0.2) is 59.1 Å². The fourth-order valence-corrected chi connectivity index (χ4v) is 3.85. The highest BCUT2D eigenvalue weighted by Crippen LogP contribution is 2.40. The number of ether oxygens (including phenoxy) is 4. The van der Waals surface area contributed by atoms with Crippen molar-refractivity contribution in [1.29, 1.82) is 0 Å². The van der Waals surface area contributed by atoms with E-state index in [1.54, 1.807) is 39.8 Å². The zero-order valence-electron chi connectivity index (χ0n) is 17.8. The lowest BCUT2D eigenvalue weighted by atomic mass is 9.83. The monoisotopic (exact) mass is 420 g/mol. The van der Waals surface area contributed by atoms with Gasteiger partial charge in [-0.25, -0.2) is 9.59 Å². The van der Waals surface area contributed by atoms with Crippen molar-refractivity contribution < 1.29 is 38.4 Å². The van der Waals surface area contributed by atoms with Crippen LogP contribution in [0.4, 0.5) is 0 Å². The van der Waals surface area contributed by atoms with Crippen molar-refractivity contribution in [2.24, 2.45) is 5.92 Å². The zero-order valence-corrected chi connectivity index (χ0v) is 17.8. The normalized spacial score (nSPS) is 42.1. The van der Waals surface area contributed by atoms with Crippen LogP contribution in [0.5, 0.6) is 0 Å². The van der Waals surface area contributed by atoms with Crippen LogP contribution in [0.1, 0.15) is 41.0 Å². The number of hydrogen-bond acceptors (Lipinski definition) is 8. The van der Waals surface area contributed by atoms with Crippen LogP contribution in [0, 0.1) is 5.92 Å². The lowest BCUT2D eigenvalue weighted by molar-refractivity contribution is -0.160. The van der Waals surface area contributed by atoms with Gasteiger partial charge in [0.2, 0.25) is 0 Å². The molecule has 2 saturated heterocycles. The van der Waals surface area contributed by atoms with Crippen molar-refractivity contribution in [2.75, 3.05) is 0 Å². The molecule has 2 fully saturated rings. The lowest BCUT2D eigenvalue weighted by Crippen LogP contribution is -2.44. The van der Waals surface area contributed by atoms with E-state index in [9.17, 15) is 19.5 Å². The average molecular weight is 420 g/mol. The summed E-state index contributed by atoms with van der Waals surface area (Å²) < 4.78 is 21.8. The van der Waals surface area contributed by atoms with E-state index < -0.39 is 53.8 Å². The molecule has 0 spiro atoms. The highest BCUT2D eigenvalue weighted by molar-refractivity contribution is 5.91. The molecule has 0 saturated carbocycles. The van der Waals surface area contributed by atoms with Crippen LogP contribution in [0.3, 0.4) is 0 Å². The molecule has 1 N–H and O–H groups in total. The van der Waals surface area contributed by atoms with Crippen molar-refractivity contribution in [3.05, 3.63) is 35.5 Å². The lowest BCUT2D eigenvalue weighted by Gasteiger charge is -2.31. The molecule has 2 heterocycles. The third-order valence-corrected chi connectivity index (χ3v) is 6.07. The maximum atomic E-state index is 12.7. The molecular formula is C22H28O8. The molecule has 7 atom stereocenters. The van der Waals surface area contributed by atoms with Crippen LogP contribution in [0.2, 0.25) is 0 Å². The first-order valence-corrected chi connectivity index (χ1v) is 9.94. The summed E-state index contributed by atoms with van der Waals surface area (Å²) in [6.45, 7) is 11.9. The van der Waals surface area contributed by atoms with Gasteiger partial charge in [0.15, 0.2) is 5.60 Å². The molecule has 0 bridgehead atoms. The molecule has 1 aliphatic carbocycles. The minimum atomic E-state index is -1.26. The summed E-state index contributed by atoms with van der Waals surface area (Å²) in [6.07, 6.45) is -0.284. The van der Waals surface area contributed by atoms with Gasteiger partial charge in [-0.15, -0.1) is 0 Å². The van der Waals surface area contributed by atoms with Gasteiger partial charge in [-0.1, -0.05) is 12.7 Å². The number of rotatable bonds is 3. The van der Waals surface area contributed by atoms with E-state index in [1.165, 1.54) is 6.92 Å². The Bertz CT molecular complexity index is 840. The van der Waals surface area contributed by atoms with Gasteiger partial charge < -0.3 is 24.1 Å². The largest absolute Gasteiger partial charge is 0.458 e. The number of carbonyl (C=O) groups excluding carboxylic acids is 3. The first kappa shape index (κ1) is 22.2. The summed E-state index contributed by atoms with van der Waals surface area (Å²) in [6, 6.07) is 0. The first-order valence-electron chi connectivity index (χ1n) is 9.94. The summed E-state index contributed by atoms with van der Waals surface area (Å²) in [7, 11) is 0. The van der Waals surface area contributed by atoms with Gasteiger partial charge in [0.05, 0.1) is 12.0 Å². The minimum absolute atomic E-state index is 0.0947. The number of fused-ring (bicyclic) bond motifs is 1. The van der Waals surface area contributed by atoms with Crippen LogP contribution in [0.25, 0.3) is 0 Å². The molecule has 2 aliphatic heterocycles. The van der Waals surface area contributed by atoms with E-state index in [0.717, 1.165) is 0 Å². The maximum Gasteiger partial charge on any atom is 0.341 e. The Kier molecular flexibility index (Phi) is 5.93. The summed E-state index contributed by atoms with van der Waals surface area (Å²) in [5.41, 5.74) is 0.273. The second kappa shape index (κ2) is 8.00. The van der Waals surface area contributed by atoms with Crippen molar-refractivity contribution >= 4 is 17.9 Å². The van der Waals surface area contributed by atoms with E-state index in [1.807, 2.05) is 0 Å². The molecule has 0 unspecified atom stereocenters. The molecule has 0 radical (unpaired) electrons. The highest BCUT2D eigenvalue weighted by Gasteiger charge is 2.58. The Balaban J connectivity index is 1.98. The highest BCUT2D eigenvalue weighted by atomic mass is 16.7. The van der Waals surface area contributed by atoms with Gasteiger partial charge in [0.25, 0.3) is 0 Å². The van der Waals surface area contributed by atoms with E-state index in [0.29, 0.717) is 17.6 Å². The van der Waals surface area contributed by atoms with Crippen LogP contribution in [0.15, 0.2) is 35.5 Å². The minimum Gasteiger partial charge on any atom is -0.458 e.